The van der Waals surface area contributed by atoms with Crippen LogP contribution in [0.3, 0.4) is 0 Å². The van der Waals surface area contributed by atoms with Crippen molar-refractivity contribution in [2.24, 2.45) is 11.8 Å². The maximum absolute atomic E-state index is 12.1. The van der Waals surface area contributed by atoms with Crippen LogP contribution in [0.2, 0.25) is 0 Å². The maximum atomic E-state index is 12.1. The first-order valence-corrected chi connectivity index (χ1v) is 8.43. The van der Waals surface area contributed by atoms with Gasteiger partial charge in [-0.15, -0.1) is 0 Å². The Kier molecular flexibility index (Phi) is 4.96. The van der Waals surface area contributed by atoms with Gasteiger partial charge in [0.25, 0.3) is 0 Å². The van der Waals surface area contributed by atoms with E-state index >= 15 is 0 Å². The normalized spacial score (nSPS) is 35.6. The Morgan fingerprint density at radius 3 is 2.00 bits per heavy atom. The third kappa shape index (κ3) is 4.03. The van der Waals surface area contributed by atoms with E-state index in [-0.39, 0.29) is 23.8 Å². The molecule has 2 fully saturated rings. The second-order valence-corrected chi connectivity index (χ2v) is 7.21. The van der Waals surface area contributed by atoms with E-state index in [2.05, 4.69) is 5.32 Å². The van der Waals surface area contributed by atoms with Gasteiger partial charge >= 0.3 is 5.97 Å². The van der Waals surface area contributed by atoms with Crippen LogP contribution < -0.4 is 5.32 Å². The number of hydrogen-bond donors (Lipinski definition) is 2. The molecule has 1 saturated heterocycles. The van der Waals surface area contributed by atoms with Crippen molar-refractivity contribution in [3.63, 3.8) is 0 Å². The van der Waals surface area contributed by atoms with Crippen LogP contribution in [0.5, 0.6) is 0 Å². The zero-order valence-corrected chi connectivity index (χ0v) is 11.8. The van der Waals surface area contributed by atoms with Crippen LogP contribution >= 0.6 is 0 Å². The van der Waals surface area contributed by atoms with Gasteiger partial charge in [0.15, 0.2) is 0 Å². The molecule has 0 unspecified atom stereocenters. The minimum Gasteiger partial charge on any atom is -0.481 e. The van der Waals surface area contributed by atoms with E-state index < -0.39 is 16.8 Å². The van der Waals surface area contributed by atoms with Gasteiger partial charge in [0, 0.05) is 34.3 Å². The summed E-state index contributed by atoms with van der Waals surface area (Å²) in [4.78, 5) is 22.9. The predicted molar refractivity (Wildman–Crippen MR) is 72.1 cm³/mol. The van der Waals surface area contributed by atoms with Gasteiger partial charge < -0.3 is 10.4 Å². The molecule has 2 N–H and O–H groups in total. The third-order valence-electron chi connectivity index (χ3n) is 4.18. The highest BCUT2D eigenvalue weighted by molar-refractivity contribution is 7.85. The molecule has 1 aliphatic carbocycles. The Bertz CT molecular complexity index is 367. The smallest absolute Gasteiger partial charge is 0.306 e. The van der Waals surface area contributed by atoms with Crippen molar-refractivity contribution in [3.05, 3.63) is 0 Å². The number of carboxylic acids is 1. The Balaban J connectivity index is 1.75. The zero-order valence-electron chi connectivity index (χ0n) is 11.0. The molecular formula is C13H21NO4S. The largest absolute Gasteiger partial charge is 0.481 e. The van der Waals surface area contributed by atoms with Gasteiger partial charge in [0.05, 0.1) is 5.92 Å². The number of carbonyl (C=O) groups is 2. The fraction of sp³-hybridized carbons (Fsp3) is 0.846. The molecule has 0 aromatic rings. The van der Waals surface area contributed by atoms with Gasteiger partial charge in [-0.1, -0.05) is 0 Å². The molecule has 2 rings (SSSR count). The van der Waals surface area contributed by atoms with Crippen LogP contribution in [0.15, 0.2) is 0 Å². The lowest BCUT2D eigenvalue weighted by Crippen LogP contribution is -2.43. The van der Waals surface area contributed by atoms with E-state index in [0.717, 1.165) is 12.8 Å². The Hall–Kier alpha value is -0.910. The first-order chi connectivity index (χ1) is 9.06. The van der Waals surface area contributed by atoms with Crippen LogP contribution in [0.1, 0.15) is 38.5 Å². The van der Waals surface area contributed by atoms with Crippen LogP contribution in [0.25, 0.3) is 0 Å². The number of aliphatic carboxylic acids is 1. The number of carbonyl (C=O) groups excluding carboxylic acids is 1. The Morgan fingerprint density at radius 1 is 0.947 bits per heavy atom. The van der Waals surface area contributed by atoms with Gasteiger partial charge in [-0.2, -0.15) is 0 Å². The summed E-state index contributed by atoms with van der Waals surface area (Å²) in [6, 6.07) is 0.155. The SMILES string of the molecule is O=C(O)C1CCC(C(=O)NC2CCS(=O)CC2)CC1. The summed E-state index contributed by atoms with van der Waals surface area (Å²) in [5.74, 6) is 0.354. The van der Waals surface area contributed by atoms with Gasteiger partial charge in [0.2, 0.25) is 5.91 Å². The highest BCUT2D eigenvalue weighted by atomic mass is 32.2. The topological polar surface area (TPSA) is 83.5 Å². The number of amides is 1. The second-order valence-electron chi connectivity index (χ2n) is 5.52. The molecule has 5 nitrogen and oxygen atoms in total. The summed E-state index contributed by atoms with van der Waals surface area (Å²) < 4.78 is 11.2. The Morgan fingerprint density at radius 2 is 1.47 bits per heavy atom. The minimum atomic E-state index is -0.742. The van der Waals surface area contributed by atoms with E-state index in [1.54, 1.807) is 0 Å². The summed E-state index contributed by atoms with van der Waals surface area (Å²) in [6.45, 7) is 0. The lowest BCUT2D eigenvalue weighted by molar-refractivity contribution is -0.144. The second kappa shape index (κ2) is 6.50. The van der Waals surface area contributed by atoms with E-state index in [1.807, 2.05) is 0 Å². The molecule has 0 spiro atoms. The molecule has 2 aliphatic rings. The highest BCUT2D eigenvalue weighted by Crippen LogP contribution is 2.29. The van der Waals surface area contributed by atoms with Crippen molar-refractivity contribution < 1.29 is 18.9 Å². The molecule has 0 bridgehead atoms. The van der Waals surface area contributed by atoms with Crippen molar-refractivity contribution in [2.45, 2.75) is 44.6 Å². The van der Waals surface area contributed by atoms with Crippen molar-refractivity contribution in [2.75, 3.05) is 11.5 Å². The third-order valence-corrected chi connectivity index (χ3v) is 5.56. The zero-order chi connectivity index (χ0) is 13.8. The standard InChI is InChI=1S/C13H21NO4S/c15-12(14-11-5-7-19(18)8-6-11)9-1-3-10(4-2-9)13(16)17/h9-11H,1-8H2,(H,14,15)(H,16,17). The van der Waals surface area contributed by atoms with Crippen LogP contribution in [0.4, 0.5) is 0 Å². The summed E-state index contributed by atoms with van der Waals surface area (Å²) in [5, 5.41) is 12.0. The first kappa shape index (κ1) is 14.5. The fourth-order valence-electron chi connectivity index (χ4n) is 2.86. The van der Waals surface area contributed by atoms with E-state index in [1.165, 1.54) is 0 Å². The van der Waals surface area contributed by atoms with Gasteiger partial charge in [-0.3, -0.25) is 13.8 Å². The van der Waals surface area contributed by atoms with Crippen molar-refractivity contribution in [3.8, 4) is 0 Å². The molecule has 1 amide bonds. The quantitative estimate of drug-likeness (QED) is 0.808. The summed E-state index contributed by atoms with van der Waals surface area (Å²) in [5.41, 5.74) is 0. The maximum Gasteiger partial charge on any atom is 0.306 e. The lowest BCUT2D eigenvalue weighted by atomic mass is 9.81. The molecule has 0 aromatic heterocycles. The van der Waals surface area contributed by atoms with Crippen LogP contribution in [0, 0.1) is 11.8 Å². The van der Waals surface area contributed by atoms with Crippen molar-refractivity contribution in [1.82, 2.24) is 5.32 Å². The van der Waals surface area contributed by atoms with Crippen molar-refractivity contribution >= 4 is 22.7 Å². The number of hydrogen-bond acceptors (Lipinski definition) is 3. The van der Waals surface area contributed by atoms with Crippen LogP contribution in [-0.4, -0.2) is 38.7 Å². The first-order valence-electron chi connectivity index (χ1n) is 6.94. The molecule has 0 radical (unpaired) electrons. The predicted octanol–water partition coefficient (Wildman–Crippen LogP) is 0.905. The highest BCUT2D eigenvalue weighted by Gasteiger charge is 2.31. The number of carboxylic acid groups (broad SMARTS) is 1. The average Bonchev–Trinajstić information content (AvgIpc) is 2.41. The summed E-state index contributed by atoms with van der Waals surface area (Å²) in [6.07, 6.45) is 4.12. The minimum absolute atomic E-state index is 0.0389. The van der Waals surface area contributed by atoms with E-state index in [9.17, 15) is 13.8 Å². The van der Waals surface area contributed by atoms with Gasteiger partial charge in [0.1, 0.15) is 0 Å². The number of rotatable bonds is 3. The molecule has 1 aliphatic heterocycles. The molecule has 0 atom stereocenters. The van der Waals surface area contributed by atoms with Gasteiger partial charge in [-0.05, 0) is 38.5 Å². The molecule has 0 aromatic carbocycles. The molecule has 108 valence electrons. The van der Waals surface area contributed by atoms with Crippen molar-refractivity contribution in [1.29, 1.82) is 0 Å². The molecule has 1 saturated carbocycles. The van der Waals surface area contributed by atoms with Gasteiger partial charge in [-0.25, -0.2) is 0 Å². The molecular weight excluding hydrogens is 266 g/mol. The molecule has 6 heteroatoms. The van der Waals surface area contributed by atoms with E-state index in [4.69, 9.17) is 5.11 Å². The lowest BCUT2D eigenvalue weighted by Gasteiger charge is -2.28. The summed E-state index contributed by atoms with van der Waals surface area (Å²) >= 11 is 0. The monoisotopic (exact) mass is 287 g/mol. The summed E-state index contributed by atoms with van der Waals surface area (Å²) in [7, 11) is -0.707. The Labute approximate surface area is 115 Å². The molecule has 1 heterocycles. The van der Waals surface area contributed by atoms with Crippen LogP contribution in [-0.2, 0) is 20.4 Å². The number of nitrogens with one attached hydrogen (secondary N) is 1. The molecule has 19 heavy (non-hydrogen) atoms. The van der Waals surface area contributed by atoms with E-state index in [0.29, 0.717) is 37.2 Å². The average molecular weight is 287 g/mol. The fourth-order valence-corrected chi connectivity index (χ4v) is 4.16.